The highest BCUT2D eigenvalue weighted by Crippen LogP contribution is 2.31. The van der Waals surface area contributed by atoms with E-state index in [2.05, 4.69) is 4.98 Å². The Morgan fingerprint density at radius 2 is 1.73 bits per heavy atom. The number of halogens is 3. The number of imidazole rings is 1. The Bertz CT molecular complexity index is 1050. The van der Waals surface area contributed by atoms with Crippen molar-refractivity contribution in [2.75, 3.05) is 13.7 Å². The summed E-state index contributed by atoms with van der Waals surface area (Å²) in [5.74, 6) is -2.62. The van der Waals surface area contributed by atoms with Crippen molar-refractivity contribution in [1.29, 1.82) is 0 Å². The zero-order chi connectivity index (χ0) is 21.9. The molecule has 3 aromatic rings. The number of hydrogen-bond donors (Lipinski definition) is 0. The molecule has 1 aromatic heterocycles. The van der Waals surface area contributed by atoms with Gasteiger partial charge in [0.2, 0.25) is 5.82 Å². The fraction of sp³-hybridized carbons (Fsp3) is 0.286. The molecule has 0 saturated carbocycles. The monoisotopic (exact) mass is 419 g/mol. The number of rotatable bonds is 6. The lowest BCUT2D eigenvalue weighted by atomic mass is 10.1. The summed E-state index contributed by atoms with van der Waals surface area (Å²) in [4.78, 5) is 29.5. The van der Waals surface area contributed by atoms with E-state index in [4.69, 9.17) is 4.74 Å². The molecule has 1 amide bonds. The number of amides is 1. The van der Waals surface area contributed by atoms with Crippen LogP contribution in [-0.2, 0) is 27.0 Å². The number of esters is 1. The van der Waals surface area contributed by atoms with Gasteiger partial charge in [-0.15, -0.1) is 0 Å². The normalized spacial score (nSPS) is 12.6. The topological polar surface area (TPSA) is 64.4 Å². The minimum atomic E-state index is -4.74. The summed E-state index contributed by atoms with van der Waals surface area (Å²) in [6.45, 7) is 0.545. The molecule has 30 heavy (non-hydrogen) atoms. The van der Waals surface area contributed by atoms with Gasteiger partial charge in [-0.2, -0.15) is 13.2 Å². The van der Waals surface area contributed by atoms with Crippen molar-refractivity contribution in [3.05, 3.63) is 66.0 Å². The summed E-state index contributed by atoms with van der Waals surface area (Å²) in [6, 6.07) is 15.0. The maximum atomic E-state index is 13.3. The number of benzene rings is 2. The van der Waals surface area contributed by atoms with E-state index in [0.717, 1.165) is 10.1 Å². The standard InChI is InChI=1S/C21H20F3N3O3/c1-14(15-8-4-3-5-9-15)26(2)18(28)13-30-19(29)12-27-17-11-7-6-10-16(17)25-20(27)21(22,23)24/h3-11,14H,12-13H2,1-2H3. The van der Waals surface area contributed by atoms with Crippen LogP contribution in [0.15, 0.2) is 54.6 Å². The number of para-hydroxylation sites is 2. The Morgan fingerprint density at radius 1 is 1.10 bits per heavy atom. The van der Waals surface area contributed by atoms with Gasteiger partial charge in [0.05, 0.1) is 17.1 Å². The zero-order valence-electron chi connectivity index (χ0n) is 16.4. The van der Waals surface area contributed by atoms with Crippen molar-refractivity contribution in [3.63, 3.8) is 0 Å². The van der Waals surface area contributed by atoms with Crippen LogP contribution in [0.4, 0.5) is 13.2 Å². The van der Waals surface area contributed by atoms with Crippen molar-refractivity contribution < 1.29 is 27.5 Å². The Hall–Kier alpha value is -3.36. The van der Waals surface area contributed by atoms with Crippen LogP contribution in [0.25, 0.3) is 11.0 Å². The highest BCUT2D eigenvalue weighted by molar-refractivity contribution is 5.82. The molecule has 2 aromatic carbocycles. The van der Waals surface area contributed by atoms with Crippen LogP contribution >= 0.6 is 0 Å². The second-order valence-corrected chi connectivity index (χ2v) is 6.76. The van der Waals surface area contributed by atoms with Gasteiger partial charge >= 0.3 is 12.1 Å². The van der Waals surface area contributed by atoms with E-state index >= 15 is 0 Å². The molecule has 0 saturated heterocycles. The van der Waals surface area contributed by atoms with Crippen molar-refractivity contribution in [1.82, 2.24) is 14.5 Å². The maximum Gasteiger partial charge on any atom is 0.449 e. The van der Waals surface area contributed by atoms with E-state index in [1.807, 2.05) is 37.3 Å². The first-order chi connectivity index (χ1) is 14.2. The number of ether oxygens (including phenoxy) is 1. The number of fused-ring (bicyclic) bond motifs is 1. The highest BCUT2D eigenvalue weighted by Gasteiger charge is 2.38. The van der Waals surface area contributed by atoms with Crippen LogP contribution < -0.4 is 0 Å². The summed E-state index contributed by atoms with van der Waals surface area (Å²) in [7, 11) is 1.57. The number of aromatic nitrogens is 2. The molecule has 0 N–H and O–H groups in total. The average molecular weight is 419 g/mol. The quantitative estimate of drug-likeness (QED) is 0.570. The van der Waals surface area contributed by atoms with E-state index in [1.165, 1.54) is 17.0 Å². The van der Waals surface area contributed by atoms with Crippen molar-refractivity contribution in [2.45, 2.75) is 25.7 Å². The molecule has 0 aliphatic rings. The lowest BCUT2D eigenvalue weighted by Crippen LogP contribution is -2.34. The molecule has 0 aliphatic carbocycles. The Morgan fingerprint density at radius 3 is 2.40 bits per heavy atom. The average Bonchev–Trinajstić information content (AvgIpc) is 3.10. The third kappa shape index (κ3) is 4.61. The van der Waals surface area contributed by atoms with Gasteiger partial charge in [0.15, 0.2) is 6.61 Å². The van der Waals surface area contributed by atoms with Crippen molar-refractivity contribution in [2.24, 2.45) is 0 Å². The molecule has 1 atom stereocenters. The fourth-order valence-corrected chi connectivity index (χ4v) is 3.04. The summed E-state index contributed by atoms with van der Waals surface area (Å²) in [5, 5.41) is 0. The first-order valence-electron chi connectivity index (χ1n) is 9.17. The predicted octanol–water partition coefficient (Wildman–Crippen LogP) is 3.82. The fourth-order valence-electron chi connectivity index (χ4n) is 3.04. The molecular formula is C21H20F3N3O3. The molecule has 158 valence electrons. The summed E-state index contributed by atoms with van der Waals surface area (Å²) in [5.41, 5.74) is 1.17. The van der Waals surface area contributed by atoms with E-state index in [0.29, 0.717) is 0 Å². The first-order valence-corrected chi connectivity index (χ1v) is 9.17. The van der Waals surface area contributed by atoms with E-state index in [1.54, 1.807) is 19.2 Å². The number of likely N-dealkylation sites (N-methyl/N-ethyl adjacent to an activating group) is 1. The van der Waals surface area contributed by atoms with Gasteiger partial charge in [0, 0.05) is 7.05 Å². The third-order valence-corrected chi connectivity index (χ3v) is 4.81. The second-order valence-electron chi connectivity index (χ2n) is 6.76. The van der Waals surface area contributed by atoms with Crippen LogP contribution in [0.1, 0.15) is 24.4 Å². The molecule has 6 nitrogen and oxygen atoms in total. The predicted molar refractivity (Wildman–Crippen MR) is 103 cm³/mol. The number of nitrogens with zero attached hydrogens (tertiary/aromatic N) is 3. The molecule has 1 heterocycles. The molecular weight excluding hydrogens is 399 g/mol. The van der Waals surface area contributed by atoms with Crippen LogP contribution in [0.2, 0.25) is 0 Å². The number of carbonyl (C=O) groups excluding carboxylic acids is 2. The van der Waals surface area contributed by atoms with Gasteiger partial charge in [0.1, 0.15) is 6.54 Å². The lowest BCUT2D eigenvalue weighted by Gasteiger charge is -2.25. The lowest BCUT2D eigenvalue weighted by molar-refractivity contribution is -0.155. The summed E-state index contributed by atoms with van der Waals surface area (Å²) >= 11 is 0. The second kappa shape index (κ2) is 8.56. The van der Waals surface area contributed by atoms with Gasteiger partial charge in [-0.05, 0) is 24.6 Å². The molecule has 9 heteroatoms. The van der Waals surface area contributed by atoms with Gasteiger partial charge in [-0.1, -0.05) is 42.5 Å². The number of carbonyl (C=O) groups is 2. The highest BCUT2D eigenvalue weighted by atomic mass is 19.4. The summed E-state index contributed by atoms with van der Waals surface area (Å²) < 4.78 is 45.6. The molecule has 3 rings (SSSR count). The number of hydrogen-bond acceptors (Lipinski definition) is 4. The first kappa shape index (κ1) is 21.4. The Balaban J connectivity index is 1.67. The molecule has 0 fully saturated rings. The largest absolute Gasteiger partial charge is 0.454 e. The van der Waals surface area contributed by atoms with Gasteiger partial charge in [0.25, 0.3) is 5.91 Å². The molecule has 0 radical (unpaired) electrons. The number of alkyl halides is 3. The minimum absolute atomic E-state index is 0.116. The maximum absolute atomic E-state index is 13.3. The third-order valence-electron chi connectivity index (χ3n) is 4.81. The van der Waals surface area contributed by atoms with Crippen LogP contribution in [-0.4, -0.2) is 40.0 Å². The van der Waals surface area contributed by atoms with E-state index < -0.39 is 37.0 Å². The van der Waals surface area contributed by atoms with Crippen molar-refractivity contribution >= 4 is 22.9 Å². The van der Waals surface area contributed by atoms with E-state index in [9.17, 15) is 22.8 Å². The van der Waals surface area contributed by atoms with Crippen LogP contribution in [0, 0.1) is 0 Å². The summed E-state index contributed by atoms with van der Waals surface area (Å²) in [6.07, 6.45) is -4.74. The van der Waals surface area contributed by atoms with Crippen LogP contribution in [0.3, 0.4) is 0 Å². The smallest absolute Gasteiger partial charge is 0.449 e. The van der Waals surface area contributed by atoms with Crippen molar-refractivity contribution in [3.8, 4) is 0 Å². The Labute approximate surface area is 170 Å². The van der Waals surface area contributed by atoms with Crippen LogP contribution in [0.5, 0.6) is 0 Å². The molecule has 0 bridgehead atoms. The van der Waals surface area contributed by atoms with E-state index in [-0.39, 0.29) is 17.1 Å². The Kier molecular flexibility index (Phi) is 6.09. The van der Waals surface area contributed by atoms with Gasteiger partial charge < -0.3 is 14.2 Å². The minimum Gasteiger partial charge on any atom is -0.454 e. The van der Waals surface area contributed by atoms with Gasteiger partial charge in [-0.25, -0.2) is 4.98 Å². The molecule has 1 unspecified atom stereocenters. The van der Waals surface area contributed by atoms with Gasteiger partial charge in [-0.3, -0.25) is 9.59 Å². The molecule has 0 aliphatic heterocycles. The SMILES string of the molecule is CC(c1ccccc1)N(C)C(=O)COC(=O)Cn1c(C(F)(F)F)nc2ccccc21. The zero-order valence-corrected chi connectivity index (χ0v) is 16.4. The molecule has 0 spiro atoms.